The quantitative estimate of drug-likeness (QED) is 0.245. The van der Waals surface area contributed by atoms with Gasteiger partial charge < -0.3 is 0 Å². The van der Waals surface area contributed by atoms with Crippen molar-refractivity contribution < 1.29 is 9.59 Å². The highest BCUT2D eigenvalue weighted by Gasteiger charge is 2.31. The lowest BCUT2D eigenvalue weighted by atomic mass is 9.89. The molecule has 0 saturated heterocycles. The second kappa shape index (κ2) is 13.0. The van der Waals surface area contributed by atoms with Crippen molar-refractivity contribution >= 4 is 11.7 Å². The summed E-state index contributed by atoms with van der Waals surface area (Å²) in [6.07, 6.45) is 17.5. The fraction of sp³-hybridized carbons (Fsp3) is 0.800. The Morgan fingerprint density at radius 1 is 1.12 bits per heavy atom. The first-order valence-electron chi connectivity index (χ1n) is 9.74. The number of amides is 1. The highest BCUT2D eigenvalue weighted by Crippen LogP contribution is 2.34. The highest BCUT2D eigenvalue weighted by molar-refractivity contribution is 5.83. The molecule has 0 spiro atoms. The van der Waals surface area contributed by atoms with Crippen molar-refractivity contribution in [2.24, 2.45) is 17.0 Å². The summed E-state index contributed by atoms with van der Waals surface area (Å²) in [5, 5.41) is 2.40. The molecule has 1 amide bonds. The van der Waals surface area contributed by atoms with E-state index in [0.717, 1.165) is 51.4 Å². The lowest BCUT2D eigenvalue weighted by Gasteiger charge is -2.14. The largest absolute Gasteiger partial charge is 0.299 e. The number of hydrogen-bond donors (Lipinski definition) is 0. The predicted molar refractivity (Wildman–Crippen MR) is 97.6 cm³/mol. The number of nitroso groups, excluding NO2 is 1. The molecule has 0 aromatic rings. The van der Waals surface area contributed by atoms with Crippen LogP contribution in [0.3, 0.4) is 0 Å². The average Bonchev–Trinajstić information content (AvgIpc) is 2.94. The van der Waals surface area contributed by atoms with E-state index in [4.69, 9.17) is 0 Å². The first-order chi connectivity index (χ1) is 11.7. The molecular weight excluding hydrogens is 302 g/mol. The summed E-state index contributed by atoms with van der Waals surface area (Å²) < 4.78 is 0. The molecule has 0 aromatic heterocycles. The Morgan fingerprint density at radius 2 is 1.88 bits per heavy atom. The van der Waals surface area contributed by atoms with Gasteiger partial charge in [0.2, 0.25) is 0 Å². The van der Waals surface area contributed by atoms with Crippen molar-refractivity contribution in [3.05, 3.63) is 17.1 Å². The molecule has 1 aliphatic rings. The van der Waals surface area contributed by atoms with Crippen LogP contribution in [-0.2, 0) is 9.59 Å². The summed E-state index contributed by atoms with van der Waals surface area (Å²) >= 11 is 0. The monoisotopic (exact) mass is 335 g/mol. The third-order valence-corrected chi connectivity index (χ3v) is 5.02. The molecule has 2 atom stereocenters. The van der Waals surface area contributed by atoms with E-state index in [-0.39, 0.29) is 12.3 Å². The Labute approximate surface area is 146 Å². The fourth-order valence-electron chi connectivity index (χ4n) is 3.54. The Kier molecular flexibility index (Phi) is 11.2. The number of nitrogens with zero attached hydrogens (tertiary/aromatic N) is 1. The van der Waals surface area contributed by atoms with Gasteiger partial charge in [-0.15, -0.1) is 4.91 Å². The minimum absolute atomic E-state index is 0.204. The topological polar surface area (TPSA) is 63.6 Å². The van der Waals surface area contributed by atoms with Crippen molar-refractivity contribution in [2.75, 3.05) is 0 Å². The lowest BCUT2D eigenvalue weighted by molar-refractivity contribution is -0.121. The number of hydrogen-bond acceptors (Lipinski definition) is 3. The molecular formula is C20H33NO3. The molecule has 0 aromatic carbocycles. The SMILES string of the molecule is CCCCCC/C=C/[C@H]1CCC(=O)[C@@H]1CCCCCCC(=O)N=O. The molecule has 1 fully saturated rings. The minimum atomic E-state index is -0.551. The van der Waals surface area contributed by atoms with Crippen molar-refractivity contribution in [1.29, 1.82) is 0 Å². The van der Waals surface area contributed by atoms with Crippen LogP contribution >= 0.6 is 0 Å². The molecule has 0 heterocycles. The van der Waals surface area contributed by atoms with Gasteiger partial charge in [-0.3, -0.25) is 9.59 Å². The van der Waals surface area contributed by atoms with E-state index in [0.29, 0.717) is 11.7 Å². The summed E-state index contributed by atoms with van der Waals surface area (Å²) in [5.74, 6) is 0.515. The first kappa shape index (κ1) is 20.7. The van der Waals surface area contributed by atoms with Crippen LogP contribution in [0.15, 0.2) is 17.3 Å². The molecule has 24 heavy (non-hydrogen) atoms. The molecule has 0 bridgehead atoms. The van der Waals surface area contributed by atoms with Crippen LogP contribution in [0.5, 0.6) is 0 Å². The summed E-state index contributed by atoms with van der Waals surface area (Å²) in [7, 11) is 0. The van der Waals surface area contributed by atoms with Crippen LogP contribution in [0.4, 0.5) is 0 Å². The third kappa shape index (κ3) is 8.51. The van der Waals surface area contributed by atoms with E-state index in [9.17, 15) is 14.5 Å². The van der Waals surface area contributed by atoms with Crippen molar-refractivity contribution in [3.63, 3.8) is 0 Å². The van der Waals surface area contributed by atoms with Crippen LogP contribution in [0, 0.1) is 16.7 Å². The average molecular weight is 335 g/mol. The van der Waals surface area contributed by atoms with Gasteiger partial charge in [-0.25, -0.2) is 0 Å². The predicted octanol–water partition coefficient (Wildman–Crippen LogP) is 5.74. The first-order valence-corrected chi connectivity index (χ1v) is 9.74. The maximum atomic E-state index is 12.1. The van der Waals surface area contributed by atoms with Gasteiger partial charge in [0.15, 0.2) is 0 Å². The number of allylic oxidation sites excluding steroid dienone is 2. The number of carbonyl (C=O) groups excluding carboxylic acids is 2. The molecule has 4 heteroatoms. The molecule has 0 aliphatic heterocycles. The zero-order valence-corrected chi connectivity index (χ0v) is 15.2. The summed E-state index contributed by atoms with van der Waals surface area (Å²) in [6, 6.07) is 0. The van der Waals surface area contributed by atoms with Crippen LogP contribution in [0.1, 0.15) is 90.4 Å². The van der Waals surface area contributed by atoms with Crippen LogP contribution in [-0.4, -0.2) is 11.7 Å². The summed E-state index contributed by atoms with van der Waals surface area (Å²) in [4.78, 5) is 32.9. The Bertz CT molecular complexity index is 417. The number of carbonyl (C=O) groups is 2. The van der Waals surface area contributed by atoms with Crippen molar-refractivity contribution in [2.45, 2.75) is 90.4 Å². The van der Waals surface area contributed by atoms with Gasteiger partial charge in [0.1, 0.15) is 5.78 Å². The van der Waals surface area contributed by atoms with Crippen LogP contribution < -0.4 is 0 Å². The van der Waals surface area contributed by atoms with E-state index < -0.39 is 5.91 Å². The second-order valence-corrected chi connectivity index (χ2v) is 6.99. The normalized spacial score (nSPS) is 20.8. The Morgan fingerprint density at radius 3 is 2.62 bits per heavy atom. The van der Waals surface area contributed by atoms with Gasteiger partial charge in [0.25, 0.3) is 5.91 Å². The van der Waals surface area contributed by atoms with E-state index >= 15 is 0 Å². The molecule has 1 aliphatic carbocycles. The van der Waals surface area contributed by atoms with E-state index in [2.05, 4.69) is 24.3 Å². The number of ketones is 1. The minimum Gasteiger partial charge on any atom is -0.299 e. The standard InChI is InChI=1S/C20H33NO3/c1-2-3-4-5-6-9-12-17-15-16-19(22)18(17)13-10-7-8-11-14-20(23)21-24/h9,12,17-18H,2-8,10-11,13-16H2,1H3/b12-9+/t17-,18+/m0/s1. The number of Topliss-reactive ketones (excluding diaryl/α,β-unsaturated/α-hetero) is 1. The summed E-state index contributed by atoms with van der Waals surface area (Å²) in [6.45, 7) is 2.22. The molecule has 0 radical (unpaired) electrons. The molecule has 136 valence electrons. The highest BCUT2D eigenvalue weighted by atomic mass is 16.3. The second-order valence-electron chi connectivity index (χ2n) is 6.99. The third-order valence-electron chi connectivity index (χ3n) is 5.02. The van der Waals surface area contributed by atoms with Crippen LogP contribution in [0.2, 0.25) is 0 Å². The zero-order valence-electron chi connectivity index (χ0n) is 15.2. The van der Waals surface area contributed by atoms with Crippen molar-refractivity contribution in [1.82, 2.24) is 0 Å². The number of rotatable bonds is 13. The number of unbranched alkanes of at least 4 members (excludes halogenated alkanes) is 7. The summed E-state index contributed by atoms with van der Waals surface area (Å²) in [5.41, 5.74) is 0. The lowest BCUT2D eigenvalue weighted by Crippen LogP contribution is -2.13. The molecule has 0 N–H and O–H groups in total. The Balaban J connectivity index is 2.18. The van der Waals surface area contributed by atoms with Gasteiger partial charge in [-0.2, -0.15) is 0 Å². The molecule has 1 rings (SSSR count). The maximum absolute atomic E-state index is 12.1. The van der Waals surface area contributed by atoms with Gasteiger partial charge in [-0.1, -0.05) is 57.6 Å². The van der Waals surface area contributed by atoms with Crippen LogP contribution in [0.25, 0.3) is 0 Å². The van der Waals surface area contributed by atoms with Gasteiger partial charge in [0, 0.05) is 23.9 Å². The Hall–Kier alpha value is -1.32. The van der Waals surface area contributed by atoms with E-state index in [1.165, 1.54) is 25.7 Å². The van der Waals surface area contributed by atoms with Gasteiger partial charge in [0.05, 0.1) is 0 Å². The van der Waals surface area contributed by atoms with Crippen molar-refractivity contribution in [3.8, 4) is 0 Å². The van der Waals surface area contributed by atoms with E-state index in [1.807, 2.05) is 0 Å². The van der Waals surface area contributed by atoms with Gasteiger partial charge in [-0.05, 0) is 38.0 Å². The zero-order chi connectivity index (χ0) is 17.6. The molecule has 1 saturated carbocycles. The van der Waals surface area contributed by atoms with Gasteiger partial charge >= 0.3 is 0 Å². The van der Waals surface area contributed by atoms with E-state index in [1.54, 1.807) is 0 Å². The molecule has 4 nitrogen and oxygen atoms in total. The molecule has 0 unspecified atom stereocenters. The maximum Gasteiger partial charge on any atom is 0.286 e. The fourth-order valence-corrected chi connectivity index (χ4v) is 3.54. The smallest absolute Gasteiger partial charge is 0.286 e.